The highest BCUT2D eigenvalue weighted by Crippen LogP contribution is 2.21. The molecule has 7 heteroatoms. The Hall–Kier alpha value is -3.35. The summed E-state index contributed by atoms with van der Waals surface area (Å²) in [5.74, 6) is -0.545. The number of halogens is 1. The number of benzene rings is 2. The molecule has 6 nitrogen and oxygen atoms in total. The van der Waals surface area contributed by atoms with Gasteiger partial charge in [0.05, 0.1) is 11.3 Å². The number of carbonyl (C=O) groups is 1. The lowest BCUT2D eigenvalue weighted by Gasteiger charge is -2.12. The van der Waals surface area contributed by atoms with E-state index in [1.165, 1.54) is 22.9 Å². The molecule has 0 aliphatic heterocycles. The van der Waals surface area contributed by atoms with Gasteiger partial charge in [-0.1, -0.05) is 29.8 Å². The zero-order chi connectivity index (χ0) is 18.7. The van der Waals surface area contributed by atoms with E-state index in [1.807, 2.05) is 31.2 Å². The molecule has 3 rings (SSSR count). The molecule has 0 N–H and O–H groups in total. The van der Waals surface area contributed by atoms with Gasteiger partial charge in [0.2, 0.25) is 0 Å². The molecule has 26 heavy (non-hydrogen) atoms. The van der Waals surface area contributed by atoms with Crippen molar-refractivity contribution < 1.29 is 9.18 Å². The second-order valence-electron chi connectivity index (χ2n) is 6.10. The van der Waals surface area contributed by atoms with Crippen LogP contribution in [-0.2, 0) is 0 Å². The second-order valence-corrected chi connectivity index (χ2v) is 6.10. The number of tetrazole rings is 1. The molecule has 0 spiro atoms. The van der Waals surface area contributed by atoms with Gasteiger partial charge in [-0.25, -0.2) is 4.39 Å². The van der Waals surface area contributed by atoms with Crippen molar-refractivity contribution >= 4 is 11.4 Å². The van der Waals surface area contributed by atoms with Gasteiger partial charge in [0.25, 0.3) is 0 Å². The van der Waals surface area contributed by atoms with Crippen LogP contribution in [0.1, 0.15) is 21.7 Å². The van der Waals surface area contributed by atoms with Gasteiger partial charge in [-0.2, -0.15) is 4.68 Å². The molecule has 3 aromatic rings. The first-order valence-corrected chi connectivity index (χ1v) is 8.00. The van der Waals surface area contributed by atoms with E-state index in [0.29, 0.717) is 0 Å². The predicted octanol–water partition coefficient (Wildman–Crippen LogP) is 2.90. The van der Waals surface area contributed by atoms with Crippen LogP contribution in [0.5, 0.6) is 0 Å². The number of rotatable bonds is 5. The molecule has 1 aromatic heterocycles. The van der Waals surface area contributed by atoms with Gasteiger partial charge in [-0.15, -0.1) is 5.10 Å². The molecule has 0 atom stereocenters. The lowest BCUT2D eigenvalue weighted by atomic mass is 10.0. The van der Waals surface area contributed by atoms with Crippen molar-refractivity contribution in [3.05, 3.63) is 77.5 Å². The lowest BCUT2D eigenvalue weighted by molar-refractivity contribution is 0.105. The largest absolute Gasteiger partial charge is 0.383 e. The molecule has 0 radical (unpaired) electrons. The standard InChI is InChI=1S/C19H18FN5O/c1-13-7-9-16(10-8-13)25-19(21-22-23-25)17(12-24(2)3)18(26)14-5-4-6-15(20)11-14/h4-12H,1-3H3. The fourth-order valence-electron chi connectivity index (χ4n) is 2.48. The van der Waals surface area contributed by atoms with E-state index < -0.39 is 5.82 Å². The minimum absolute atomic E-state index is 0.233. The van der Waals surface area contributed by atoms with Crippen molar-refractivity contribution in [2.45, 2.75) is 6.92 Å². The van der Waals surface area contributed by atoms with Gasteiger partial charge in [0, 0.05) is 25.9 Å². The molecule has 0 bridgehead atoms. The molecule has 0 aliphatic rings. The molecule has 0 fully saturated rings. The number of Topliss-reactive ketones (excluding diaryl/α,β-unsaturated/α-hetero) is 1. The molecule has 0 aliphatic carbocycles. The average molecular weight is 351 g/mol. The molecular weight excluding hydrogens is 333 g/mol. The van der Waals surface area contributed by atoms with E-state index in [1.54, 1.807) is 31.3 Å². The van der Waals surface area contributed by atoms with Gasteiger partial charge in [-0.05, 0) is 41.6 Å². The second kappa shape index (κ2) is 7.26. The van der Waals surface area contributed by atoms with Crippen molar-refractivity contribution in [3.8, 4) is 5.69 Å². The zero-order valence-electron chi connectivity index (χ0n) is 14.7. The smallest absolute Gasteiger partial charge is 0.198 e. The van der Waals surface area contributed by atoms with Crippen LogP contribution in [0.15, 0.2) is 54.7 Å². The third-order valence-electron chi connectivity index (χ3n) is 3.71. The minimum Gasteiger partial charge on any atom is -0.383 e. The average Bonchev–Trinajstić information content (AvgIpc) is 3.09. The van der Waals surface area contributed by atoms with Crippen LogP contribution in [0.2, 0.25) is 0 Å². The summed E-state index contributed by atoms with van der Waals surface area (Å²) in [7, 11) is 3.58. The summed E-state index contributed by atoms with van der Waals surface area (Å²) >= 11 is 0. The minimum atomic E-state index is -0.474. The van der Waals surface area contributed by atoms with Gasteiger partial charge in [0.15, 0.2) is 11.6 Å². The Kier molecular flexibility index (Phi) is 4.88. The molecule has 0 saturated heterocycles. The number of allylic oxidation sites excluding steroid dienone is 1. The molecule has 2 aromatic carbocycles. The van der Waals surface area contributed by atoms with E-state index in [-0.39, 0.29) is 22.7 Å². The van der Waals surface area contributed by atoms with Crippen LogP contribution in [0.3, 0.4) is 0 Å². The zero-order valence-corrected chi connectivity index (χ0v) is 14.7. The molecule has 0 unspecified atom stereocenters. The summed E-state index contributed by atoms with van der Waals surface area (Å²) in [6, 6.07) is 13.2. The molecule has 0 saturated carbocycles. The number of carbonyl (C=O) groups excluding carboxylic acids is 1. The Bertz CT molecular complexity index is 960. The molecule has 1 heterocycles. The third-order valence-corrected chi connectivity index (χ3v) is 3.71. The maximum atomic E-state index is 13.6. The Morgan fingerprint density at radius 2 is 1.88 bits per heavy atom. The predicted molar refractivity (Wildman–Crippen MR) is 96.3 cm³/mol. The highest BCUT2D eigenvalue weighted by molar-refractivity contribution is 6.28. The monoisotopic (exact) mass is 351 g/mol. The number of ketones is 1. The maximum absolute atomic E-state index is 13.6. The van der Waals surface area contributed by atoms with E-state index >= 15 is 0 Å². The summed E-state index contributed by atoms with van der Waals surface area (Å²) in [4.78, 5) is 14.7. The van der Waals surface area contributed by atoms with Gasteiger partial charge < -0.3 is 4.90 Å². The number of aromatic nitrogens is 4. The highest BCUT2D eigenvalue weighted by atomic mass is 19.1. The SMILES string of the molecule is Cc1ccc(-n2nnnc2C(=CN(C)C)C(=O)c2cccc(F)c2)cc1. The lowest BCUT2D eigenvalue weighted by Crippen LogP contribution is -2.13. The highest BCUT2D eigenvalue weighted by Gasteiger charge is 2.22. The van der Waals surface area contributed by atoms with Crippen molar-refractivity contribution in [2.75, 3.05) is 14.1 Å². The summed E-state index contributed by atoms with van der Waals surface area (Å²) in [6.07, 6.45) is 1.63. The number of nitrogens with zero attached hydrogens (tertiary/aromatic N) is 5. The summed E-state index contributed by atoms with van der Waals surface area (Å²) in [6.45, 7) is 1.98. The molecule has 132 valence electrons. The summed E-state index contributed by atoms with van der Waals surface area (Å²) in [5.41, 5.74) is 2.33. The van der Waals surface area contributed by atoms with Gasteiger partial charge >= 0.3 is 0 Å². The van der Waals surface area contributed by atoms with Crippen molar-refractivity contribution in [2.24, 2.45) is 0 Å². The van der Waals surface area contributed by atoms with Crippen molar-refractivity contribution in [3.63, 3.8) is 0 Å². The quantitative estimate of drug-likeness (QED) is 0.522. The van der Waals surface area contributed by atoms with Crippen LogP contribution < -0.4 is 0 Å². The van der Waals surface area contributed by atoms with Crippen LogP contribution in [0.25, 0.3) is 11.3 Å². The fourth-order valence-corrected chi connectivity index (χ4v) is 2.48. The van der Waals surface area contributed by atoms with Crippen LogP contribution in [0, 0.1) is 12.7 Å². The first-order valence-electron chi connectivity index (χ1n) is 8.00. The van der Waals surface area contributed by atoms with Gasteiger partial charge in [-0.3, -0.25) is 4.79 Å². The fraction of sp³-hybridized carbons (Fsp3) is 0.158. The normalized spacial score (nSPS) is 11.5. The van der Waals surface area contributed by atoms with Crippen molar-refractivity contribution in [1.29, 1.82) is 0 Å². The van der Waals surface area contributed by atoms with Crippen LogP contribution in [-0.4, -0.2) is 45.0 Å². The third kappa shape index (κ3) is 3.66. The molecule has 0 amide bonds. The summed E-state index contributed by atoms with van der Waals surface area (Å²) < 4.78 is 15.0. The number of aryl methyl sites for hydroxylation is 1. The summed E-state index contributed by atoms with van der Waals surface area (Å²) in [5, 5.41) is 11.8. The topological polar surface area (TPSA) is 63.9 Å². The van der Waals surface area contributed by atoms with Crippen molar-refractivity contribution in [1.82, 2.24) is 25.1 Å². The first kappa shape index (κ1) is 17.5. The Labute approximate surface area is 150 Å². The Balaban J connectivity index is 2.09. The van der Waals surface area contributed by atoms with E-state index in [0.717, 1.165) is 11.3 Å². The Morgan fingerprint density at radius 1 is 1.15 bits per heavy atom. The van der Waals surface area contributed by atoms with E-state index in [4.69, 9.17) is 0 Å². The maximum Gasteiger partial charge on any atom is 0.198 e. The van der Waals surface area contributed by atoms with Gasteiger partial charge in [0.1, 0.15) is 5.82 Å². The number of hydrogen-bond acceptors (Lipinski definition) is 5. The van der Waals surface area contributed by atoms with E-state index in [9.17, 15) is 9.18 Å². The van der Waals surface area contributed by atoms with Crippen LogP contribution in [0.4, 0.5) is 4.39 Å². The van der Waals surface area contributed by atoms with Crippen LogP contribution >= 0.6 is 0 Å². The molecular formula is C19H18FN5O. The first-order chi connectivity index (χ1) is 12.5. The number of hydrogen-bond donors (Lipinski definition) is 0. The van der Waals surface area contributed by atoms with E-state index in [2.05, 4.69) is 15.5 Å². The Morgan fingerprint density at radius 3 is 2.54 bits per heavy atom.